The van der Waals surface area contributed by atoms with Crippen LogP contribution in [0.5, 0.6) is 11.5 Å². The molecule has 1 saturated heterocycles. The molecule has 0 bridgehead atoms. The zero-order valence-corrected chi connectivity index (χ0v) is 16.2. The summed E-state index contributed by atoms with van der Waals surface area (Å²) in [6.07, 6.45) is 0.853. The molecule has 1 aromatic rings. The lowest BCUT2D eigenvalue weighted by Gasteiger charge is -2.39. The summed E-state index contributed by atoms with van der Waals surface area (Å²) in [4.78, 5) is 6.80. The summed E-state index contributed by atoms with van der Waals surface area (Å²) in [6, 6.07) is 5.90. The zero-order chi connectivity index (χ0) is 17.6. The quantitative estimate of drug-likeness (QED) is 0.653. The molecule has 0 aromatic heterocycles. The molecular formula is C18H29N3O2S. The van der Waals surface area contributed by atoms with E-state index in [0.717, 1.165) is 54.8 Å². The van der Waals surface area contributed by atoms with E-state index >= 15 is 0 Å². The van der Waals surface area contributed by atoms with E-state index in [-0.39, 0.29) is 4.75 Å². The van der Waals surface area contributed by atoms with Gasteiger partial charge in [-0.05, 0) is 44.0 Å². The minimum Gasteiger partial charge on any atom is -0.497 e. The molecule has 0 aliphatic carbocycles. The third-order valence-corrected chi connectivity index (χ3v) is 5.40. The fourth-order valence-electron chi connectivity index (χ4n) is 2.92. The molecule has 1 heterocycles. The standard InChI is InChI=1S/C18H29N3O2S/c1-18(2)13-21(10-11-24-18)17(19-3)20-9-8-14-12-15(22-4)6-7-16(14)23-5/h6-7,12H,8-11,13H2,1-5H3,(H,19,20). The molecule has 0 amide bonds. The van der Waals surface area contributed by atoms with Gasteiger partial charge in [0, 0.05) is 37.2 Å². The number of aliphatic imine (C=N–C) groups is 1. The minimum absolute atomic E-state index is 0.270. The van der Waals surface area contributed by atoms with Crippen molar-refractivity contribution >= 4 is 17.7 Å². The van der Waals surface area contributed by atoms with Crippen LogP contribution in [0.3, 0.4) is 0 Å². The lowest BCUT2D eigenvalue weighted by Crippen LogP contribution is -2.51. The van der Waals surface area contributed by atoms with Crippen LogP contribution in [0, 0.1) is 0 Å². The number of methoxy groups -OCH3 is 2. The Bertz CT molecular complexity index is 575. The Morgan fingerprint density at radius 3 is 2.75 bits per heavy atom. The topological polar surface area (TPSA) is 46.1 Å². The molecule has 1 aliphatic heterocycles. The van der Waals surface area contributed by atoms with Crippen molar-refractivity contribution in [3.05, 3.63) is 23.8 Å². The first kappa shape index (κ1) is 18.8. The van der Waals surface area contributed by atoms with Crippen molar-refractivity contribution in [2.24, 2.45) is 4.99 Å². The van der Waals surface area contributed by atoms with Crippen LogP contribution < -0.4 is 14.8 Å². The van der Waals surface area contributed by atoms with Gasteiger partial charge in [-0.25, -0.2) is 0 Å². The third kappa shape index (κ3) is 4.97. The smallest absolute Gasteiger partial charge is 0.193 e. The van der Waals surface area contributed by atoms with E-state index in [4.69, 9.17) is 9.47 Å². The number of thioether (sulfide) groups is 1. The second kappa shape index (κ2) is 8.51. The number of benzene rings is 1. The predicted molar refractivity (Wildman–Crippen MR) is 103 cm³/mol. The lowest BCUT2D eigenvalue weighted by atomic mass is 10.1. The van der Waals surface area contributed by atoms with Crippen LogP contribution in [0.1, 0.15) is 19.4 Å². The Kier molecular flexibility index (Phi) is 6.66. The number of ether oxygens (including phenoxy) is 2. The Morgan fingerprint density at radius 1 is 1.33 bits per heavy atom. The van der Waals surface area contributed by atoms with Crippen LogP contribution in [-0.4, -0.2) is 62.3 Å². The molecular weight excluding hydrogens is 322 g/mol. The van der Waals surface area contributed by atoms with E-state index in [1.807, 2.05) is 37.0 Å². The van der Waals surface area contributed by atoms with Crippen molar-refractivity contribution in [2.45, 2.75) is 25.0 Å². The predicted octanol–water partition coefficient (Wildman–Crippen LogP) is 2.65. The van der Waals surface area contributed by atoms with Gasteiger partial charge in [0.25, 0.3) is 0 Å². The molecule has 1 fully saturated rings. The molecule has 1 aliphatic rings. The first-order valence-corrected chi connectivity index (χ1v) is 9.28. The second-order valence-electron chi connectivity index (χ2n) is 6.43. The number of guanidine groups is 1. The third-order valence-electron chi connectivity index (χ3n) is 4.10. The van der Waals surface area contributed by atoms with Crippen molar-refractivity contribution in [2.75, 3.05) is 46.7 Å². The van der Waals surface area contributed by atoms with Crippen molar-refractivity contribution in [3.63, 3.8) is 0 Å². The summed E-state index contributed by atoms with van der Waals surface area (Å²) in [5.41, 5.74) is 1.13. The largest absolute Gasteiger partial charge is 0.497 e. The summed E-state index contributed by atoms with van der Waals surface area (Å²) in [5, 5.41) is 3.48. The number of rotatable bonds is 5. The highest BCUT2D eigenvalue weighted by Crippen LogP contribution is 2.29. The molecule has 0 radical (unpaired) electrons. The monoisotopic (exact) mass is 351 g/mol. The molecule has 0 unspecified atom stereocenters. The van der Waals surface area contributed by atoms with E-state index in [1.54, 1.807) is 14.2 Å². The van der Waals surface area contributed by atoms with Gasteiger partial charge in [0.1, 0.15) is 11.5 Å². The molecule has 0 saturated carbocycles. The van der Waals surface area contributed by atoms with Crippen molar-refractivity contribution < 1.29 is 9.47 Å². The minimum atomic E-state index is 0.270. The number of nitrogens with one attached hydrogen (secondary N) is 1. The van der Waals surface area contributed by atoms with Crippen LogP contribution in [0.4, 0.5) is 0 Å². The average molecular weight is 352 g/mol. The van der Waals surface area contributed by atoms with Gasteiger partial charge in [0.05, 0.1) is 14.2 Å². The summed E-state index contributed by atoms with van der Waals surface area (Å²) in [7, 11) is 5.23. The summed E-state index contributed by atoms with van der Waals surface area (Å²) >= 11 is 2.03. The summed E-state index contributed by atoms with van der Waals surface area (Å²) in [6.45, 7) is 7.44. The van der Waals surface area contributed by atoms with E-state index in [9.17, 15) is 0 Å². The van der Waals surface area contributed by atoms with Gasteiger partial charge in [-0.2, -0.15) is 11.8 Å². The Hall–Kier alpha value is -1.56. The summed E-state index contributed by atoms with van der Waals surface area (Å²) < 4.78 is 11.0. The Balaban J connectivity index is 1.95. The Morgan fingerprint density at radius 2 is 2.12 bits per heavy atom. The van der Waals surface area contributed by atoms with Gasteiger partial charge in [-0.1, -0.05) is 0 Å². The molecule has 1 aromatic carbocycles. The van der Waals surface area contributed by atoms with Gasteiger partial charge in [-0.3, -0.25) is 4.99 Å². The van der Waals surface area contributed by atoms with Gasteiger partial charge in [0.15, 0.2) is 5.96 Å². The van der Waals surface area contributed by atoms with Gasteiger partial charge in [0.2, 0.25) is 0 Å². The van der Waals surface area contributed by atoms with Crippen LogP contribution >= 0.6 is 11.8 Å². The van der Waals surface area contributed by atoms with E-state index in [1.165, 1.54) is 0 Å². The zero-order valence-electron chi connectivity index (χ0n) is 15.4. The van der Waals surface area contributed by atoms with Crippen LogP contribution in [0.15, 0.2) is 23.2 Å². The maximum atomic E-state index is 5.45. The van der Waals surface area contributed by atoms with Crippen LogP contribution in [0.2, 0.25) is 0 Å². The molecule has 5 nitrogen and oxygen atoms in total. The fourth-order valence-corrected chi connectivity index (χ4v) is 4.03. The van der Waals surface area contributed by atoms with Gasteiger partial charge >= 0.3 is 0 Å². The molecule has 2 rings (SSSR count). The van der Waals surface area contributed by atoms with Crippen molar-refractivity contribution in [1.29, 1.82) is 0 Å². The molecule has 0 spiro atoms. The normalized spacial score (nSPS) is 17.5. The van der Waals surface area contributed by atoms with Crippen LogP contribution in [0.25, 0.3) is 0 Å². The highest BCUT2D eigenvalue weighted by atomic mass is 32.2. The SMILES string of the molecule is CN=C(NCCc1cc(OC)ccc1OC)N1CCSC(C)(C)C1. The number of nitrogens with zero attached hydrogens (tertiary/aromatic N) is 2. The molecule has 6 heteroatoms. The Labute approximate surface area is 149 Å². The first-order chi connectivity index (χ1) is 11.5. The fraction of sp³-hybridized carbons (Fsp3) is 0.611. The summed E-state index contributed by atoms with van der Waals surface area (Å²) in [5.74, 6) is 3.86. The van der Waals surface area contributed by atoms with Gasteiger partial charge in [-0.15, -0.1) is 0 Å². The van der Waals surface area contributed by atoms with Crippen LogP contribution in [-0.2, 0) is 6.42 Å². The molecule has 1 N–H and O–H groups in total. The first-order valence-electron chi connectivity index (χ1n) is 8.29. The van der Waals surface area contributed by atoms with E-state index in [0.29, 0.717) is 0 Å². The van der Waals surface area contributed by atoms with E-state index < -0.39 is 0 Å². The van der Waals surface area contributed by atoms with Crippen molar-refractivity contribution in [1.82, 2.24) is 10.2 Å². The highest BCUT2D eigenvalue weighted by molar-refractivity contribution is 8.00. The molecule has 134 valence electrons. The number of hydrogen-bond donors (Lipinski definition) is 1. The maximum absolute atomic E-state index is 5.45. The van der Waals surface area contributed by atoms with Gasteiger partial charge < -0.3 is 19.7 Å². The number of hydrogen-bond acceptors (Lipinski definition) is 4. The molecule has 24 heavy (non-hydrogen) atoms. The van der Waals surface area contributed by atoms with E-state index in [2.05, 4.69) is 29.1 Å². The second-order valence-corrected chi connectivity index (χ2v) is 8.23. The highest BCUT2D eigenvalue weighted by Gasteiger charge is 2.28. The maximum Gasteiger partial charge on any atom is 0.193 e. The molecule has 0 atom stereocenters. The average Bonchev–Trinajstić information content (AvgIpc) is 2.57. The van der Waals surface area contributed by atoms with Crippen molar-refractivity contribution in [3.8, 4) is 11.5 Å². The lowest BCUT2D eigenvalue weighted by molar-refractivity contribution is 0.375.